The minimum absolute atomic E-state index is 0.0415. The first-order chi connectivity index (χ1) is 12.3. The molecule has 0 unspecified atom stereocenters. The van der Waals surface area contributed by atoms with Gasteiger partial charge in [0, 0.05) is 18.8 Å². The third-order valence-electron chi connectivity index (χ3n) is 4.19. The fourth-order valence-corrected chi connectivity index (χ4v) is 2.76. The van der Waals surface area contributed by atoms with Crippen LogP contribution in [0.3, 0.4) is 0 Å². The average Bonchev–Trinajstić information content (AvgIpc) is 3.20. The van der Waals surface area contributed by atoms with Crippen LogP contribution in [0.4, 0.5) is 0 Å². The molecule has 26 heavy (non-hydrogen) atoms. The van der Waals surface area contributed by atoms with Gasteiger partial charge in [-0.15, -0.1) is 0 Å². The number of rotatable bonds is 8. The summed E-state index contributed by atoms with van der Waals surface area (Å²) in [6.07, 6.45) is 1.43. The highest BCUT2D eigenvalue weighted by Gasteiger charge is 2.25. The van der Waals surface area contributed by atoms with Gasteiger partial charge in [-0.2, -0.15) is 5.10 Å². The highest BCUT2D eigenvalue weighted by molar-refractivity contribution is 5.95. The molecule has 7 heteroatoms. The Morgan fingerprint density at radius 3 is 2.54 bits per heavy atom. The molecule has 0 aliphatic carbocycles. The van der Waals surface area contributed by atoms with E-state index in [0.717, 1.165) is 17.9 Å². The van der Waals surface area contributed by atoms with E-state index in [4.69, 9.17) is 4.42 Å². The van der Waals surface area contributed by atoms with E-state index in [0.29, 0.717) is 6.54 Å². The van der Waals surface area contributed by atoms with Crippen LogP contribution in [-0.2, 0) is 11.3 Å². The number of aryl methyl sites for hydroxylation is 2. The lowest BCUT2D eigenvalue weighted by Crippen LogP contribution is -2.50. The molecular formula is C19H28N4O3. The number of aromatic nitrogens is 2. The molecule has 0 saturated carbocycles. The lowest BCUT2D eigenvalue weighted by molar-refractivity contribution is -0.124. The highest BCUT2D eigenvalue weighted by Crippen LogP contribution is 2.08. The average molecular weight is 360 g/mol. The molecule has 2 aromatic heterocycles. The lowest BCUT2D eigenvalue weighted by atomic mass is 10.0. The number of amides is 2. The van der Waals surface area contributed by atoms with Crippen LogP contribution in [0.2, 0.25) is 0 Å². The number of furan rings is 1. The Morgan fingerprint density at radius 1 is 1.27 bits per heavy atom. The van der Waals surface area contributed by atoms with E-state index < -0.39 is 6.04 Å². The zero-order valence-electron chi connectivity index (χ0n) is 16.1. The number of carbonyl (C=O) groups is 2. The maximum Gasteiger partial charge on any atom is 0.287 e. The van der Waals surface area contributed by atoms with E-state index in [2.05, 4.69) is 22.7 Å². The number of nitrogens with zero attached hydrogens (tertiary/aromatic N) is 2. The topological polar surface area (TPSA) is 89.2 Å². The maximum atomic E-state index is 12.5. The number of nitrogens with one attached hydrogen (secondary N) is 2. The molecule has 0 saturated heterocycles. The van der Waals surface area contributed by atoms with Gasteiger partial charge < -0.3 is 15.1 Å². The van der Waals surface area contributed by atoms with Gasteiger partial charge in [0.05, 0.1) is 12.0 Å². The zero-order chi connectivity index (χ0) is 19.3. The maximum absolute atomic E-state index is 12.5. The number of hydrogen-bond acceptors (Lipinski definition) is 4. The fraction of sp³-hybridized carbons (Fsp3) is 0.526. The molecule has 2 N–H and O–H groups in total. The standard InChI is InChI=1S/C19H28N4O3/c1-12(2)17(21-18(24)16-7-6-8-26-16)19(25)20-10-13(3)11-23-15(5)9-14(4)22-23/h6-9,12-13,17H,10-11H2,1-5H3,(H,20,25)(H,21,24)/t13-,17+/m0/s1. The molecular weight excluding hydrogens is 332 g/mol. The van der Waals surface area contributed by atoms with E-state index in [-0.39, 0.29) is 29.4 Å². The summed E-state index contributed by atoms with van der Waals surface area (Å²) in [5.41, 5.74) is 2.09. The van der Waals surface area contributed by atoms with Crippen molar-refractivity contribution in [1.82, 2.24) is 20.4 Å². The molecule has 2 heterocycles. The molecule has 0 fully saturated rings. The van der Waals surface area contributed by atoms with E-state index in [9.17, 15) is 9.59 Å². The molecule has 0 bridgehead atoms. The summed E-state index contributed by atoms with van der Waals surface area (Å²) >= 11 is 0. The highest BCUT2D eigenvalue weighted by atomic mass is 16.3. The van der Waals surface area contributed by atoms with E-state index >= 15 is 0 Å². The Balaban J connectivity index is 1.88. The summed E-state index contributed by atoms with van der Waals surface area (Å²) in [5, 5.41) is 10.1. The first-order valence-electron chi connectivity index (χ1n) is 8.91. The fourth-order valence-electron chi connectivity index (χ4n) is 2.76. The summed E-state index contributed by atoms with van der Waals surface area (Å²) in [6.45, 7) is 11.1. The lowest BCUT2D eigenvalue weighted by Gasteiger charge is -2.22. The van der Waals surface area contributed by atoms with Crippen molar-refractivity contribution in [1.29, 1.82) is 0 Å². The van der Waals surface area contributed by atoms with Crippen LogP contribution in [0.15, 0.2) is 28.9 Å². The van der Waals surface area contributed by atoms with Crippen molar-refractivity contribution in [3.63, 3.8) is 0 Å². The van der Waals surface area contributed by atoms with Crippen LogP contribution in [0.5, 0.6) is 0 Å². The van der Waals surface area contributed by atoms with Gasteiger partial charge in [-0.05, 0) is 43.9 Å². The van der Waals surface area contributed by atoms with Gasteiger partial charge in [-0.25, -0.2) is 0 Å². The zero-order valence-corrected chi connectivity index (χ0v) is 16.1. The summed E-state index contributed by atoms with van der Waals surface area (Å²) in [4.78, 5) is 24.7. The Kier molecular flexibility index (Phi) is 6.60. The van der Waals surface area contributed by atoms with E-state index in [1.165, 1.54) is 6.26 Å². The molecule has 2 rings (SSSR count). The van der Waals surface area contributed by atoms with E-state index in [1.807, 2.05) is 38.4 Å². The molecule has 2 amide bonds. The molecule has 2 atom stereocenters. The van der Waals surface area contributed by atoms with Crippen molar-refractivity contribution < 1.29 is 14.0 Å². The molecule has 7 nitrogen and oxygen atoms in total. The second-order valence-corrected chi connectivity index (χ2v) is 7.13. The van der Waals surface area contributed by atoms with Crippen LogP contribution in [0.1, 0.15) is 42.7 Å². The summed E-state index contributed by atoms with van der Waals surface area (Å²) < 4.78 is 7.03. The third kappa shape index (κ3) is 5.21. The van der Waals surface area contributed by atoms with Crippen molar-refractivity contribution in [3.8, 4) is 0 Å². The molecule has 0 radical (unpaired) electrons. The summed E-state index contributed by atoms with van der Waals surface area (Å²) in [7, 11) is 0. The van der Waals surface area contributed by atoms with Crippen molar-refractivity contribution in [2.75, 3.05) is 6.54 Å². The third-order valence-corrected chi connectivity index (χ3v) is 4.19. The van der Waals surface area contributed by atoms with Crippen LogP contribution >= 0.6 is 0 Å². The van der Waals surface area contributed by atoms with Gasteiger partial charge >= 0.3 is 0 Å². The molecule has 0 aliphatic rings. The van der Waals surface area contributed by atoms with Crippen molar-refractivity contribution in [3.05, 3.63) is 41.6 Å². The number of carbonyl (C=O) groups excluding carboxylic acids is 2. The van der Waals surface area contributed by atoms with Crippen molar-refractivity contribution in [2.24, 2.45) is 11.8 Å². The van der Waals surface area contributed by atoms with Crippen LogP contribution < -0.4 is 10.6 Å². The van der Waals surface area contributed by atoms with Crippen molar-refractivity contribution in [2.45, 2.75) is 47.2 Å². The van der Waals surface area contributed by atoms with Gasteiger partial charge in [0.25, 0.3) is 5.91 Å². The van der Waals surface area contributed by atoms with Gasteiger partial charge in [0.1, 0.15) is 6.04 Å². The molecule has 0 spiro atoms. The minimum Gasteiger partial charge on any atom is -0.459 e. The van der Waals surface area contributed by atoms with Gasteiger partial charge in [0.2, 0.25) is 5.91 Å². The first-order valence-corrected chi connectivity index (χ1v) is 8.91. The van der Waals surface area contributed by atoms with Crippen LogP contribution in [0, 0.1) is 25.7 Å². The number of hydrogen-bond donors (Lipinski definition) is 2. The van der Waals surface area contributed by atoms with E-state index in [1.54, 1.807) is 12.1 Å². The summed E-state index contributed by atoms with van der Waals surface area (Å²) in [5.74, 6) is -0.216. The van der Waals surface area contributed by atoms with Gasteiger partial charge in [-0.1, -0.05) is 20.8 Å². The quantitative estimate of drug-likeness (QED) is 0.756. The summed E-state index contributed by atoms with van der Waals surface area (Å²) in [6, 6.07) is 4.62. The molecule has 2 aromatic rings. The first kappa shape index (κ1) is 19.8. The Hall–Kier alpha value is -2.57. The minimum atomic E-state index is -0.617. The molecule has 0 aliphatic heterocycles. The van der Waals surface area contributed by atoms with Crippen molar-refractivity contribution >= 4 is 11.8 Å². The second kappa shape index (κ2) is 8.69. The normalized spacial score (nSPS) is 13.5. The largest absolute Gasteiger partial charge is 0.459 e. The molecule has 0 aromatic carbocycles. The van der Waals surface area contributed by atoms with Gasteiger partial charge in [-0.3, -0.25) is 14.3 Å². The molecule has 142 valence electrons. The monoisotopic (exact) mass is 360 g/mol. The predicted molar refractivity (Wildman–Crippen MR) is 98.7 cm³/mol. The van der Waals surface area contributed by atoms with Crippen LogP contribution in [0.25, 0.3) is 0 Å². The SMILES string of the molecule is Cc1cc(C)n(C[C@@H](C)CNC(=O)[C@H](NC(=O)c2ccco2)C(C)C)n1. The smallest absolute Gasteiger partial charge is 0.287 e. The Morgan fingerprint density at radius 2 is 2.00 bits per heavy atom. The Bertz CT molecular complexity index is 734. The van der Waals surface area contributed by atoms with Crippen LogP contribution in [-0.4, -0.2) is 34.2 Å². The Labute approximate surface area is 154 Å². The second-order valence-electron chi connectivity index (χ2n) is 7.13. The van der Waals surface area contributed by atoms with Gasteiger partial charge in [0.15, 0.2) is 5.76 Å². The predicted octanol–water partition coefficient (Wildman–Crippen LogP) is 2.30.